The number of thiol groups is 1. The molecule has 0 aliphatic carbocycles. The number of hydrogen-bond acceptors (Lipinski definition) is 2. The molecule has 0 aliphatic rings. The first-order valence-corrected chi connectivity index (χ1v) is 4.59. The zero-order valence-corrected chi connectivity index (χ0v) is 8.64. The Balaban J connectivity index is 3.15. The van der Waals surface area contributed by atoms with Gasteiger partial charge in [0.1, 0.15) is 5.25 Å². The standard InChI is InChI=1S/C9H9ClO2S/c1-5-6(8(13)9(11)12)3-2-4-7(5)10/h2-4,8,13H,1H3,(H,11,12). The molecule has 0 spiro atoms. The lowest BCUT2D eigenvalue weighted by Crippen LogP contribution is -2.06. The molecule has 0 heterocycles. The topological polar surface area (TPSA) is 37.3 Å². The highest BCUT2D eigenvalue weighted by molar-refractivity contribution is 7.81. The second-order valence-corrected chi connectivity index (χ2v) is 3.62. The minimum absolute atomic E-state index is 0.567. The van der Waals surface area contributed by atoms with Gasteiger partial charge >= 0.3 is 5.97 Å². The van der Waals surface area contributed by atoms with Crippen LogP contribution >= 0.6 is 24.2 Å². The van der Waals surface area contributed by atoms with E-state index >= 15 is 0 Å². The maximum Gasteiger partial charge on any atom is 0.320 e. The van der Waals surface area contributed by atoms with Crippen LogP contribution < -0.4 is 0 Å². The SMILES string of the molecule is Cc1c(Cl)cccc1C(S)C(=O)O. The van der Waals surface area contributed by atoms with Crippen LogP contribution in [0.2, 0.25) is 5.02 Å². The fourth-order valence-corrected chi connectivity index (χ4v) is 1.51. The van der Waals surface area contributed by atoms with E-state index in [-0.39, 0.29) is 0 Å². The fourth-order valence-electron chi connectivity index (χ4n) is 1.05. The Morgan fingerprint density at radius 3 is 2.77 bits per heavy atom. The van der Waals surface area contributed by atoms with E-state index in [0.29, 0.717) is 10.6 Å². The number of aliphatic carboxylic acids is 1. The predicted octanol–water partition coefficient (Wildman–Crippen LogP) is 2.70. The van der Waals surface area contributed by atoms with Crippen molar-refractivity contribution in [1.29, 1.82) is 0 Å². The molecule has 70 valence electrons. The molecule has 1 rings (SSSR count). The molecule has 0 saturated carbocycles. The summed E-state index contributed by atoms with van der Waals surface area (Å²) < 4.78 is 0. The largest absolute Gasteiger partial charge is 0.480 e. The highest BCUT2D eigenvalue weighted by Crippen LogP contribution is 2.27. The Labute approximate surface area is 86.9 Å². The van der Waals surface area contributed by atoms with E-state index in [1.54, 1.807) is 25.1 Å². The number of carboxylic acids is 1. The quantitative estimate of drug-likeness (QED) is 0.746. The summed E-state index contributed by atoms with van der Waals surface area (Å²) in [6.07, 6.45) is 0. The average Bonchev–Trinajstić information content (AvgIpc) is 2.08. The Hall–Kier alpha value is -0.670. The summed E-state index contributed by atoms with van der Waals surface area (Å²) >= 11 is 9.81. The molecule has 0 saturated heterocycles. The lowest BCUT2D eigenvalue weighted by Gasteiger charge is -2.10. The van der Waals surface area contributed by atoms with Crippen molar-refractivity contribution in [3.8, 4) is 0 Å². The van der Waals surface area contributed by atoms with E-state index < -0.39 is 11.2 Å². The first-order valence-electron chi connectivity index (χ1n) is 3.70. The van der Waals surface area contributed by atoms with Crippen molar-refractivity contribution in [2.45, 2.75) is 12.2 Å². The average molecular weight is 217 g/mol. The summed E-state index contributed by atoms with van der Waals surface area (Å²) in [5.41, 5.74) is 1.41. The van der Waals surface area contributed by atoms with Crippen molar-refractivity contribution >= 4 is 30.2 Å². The maximum atomic E-state index is 10.6. The molecule has 4 heteroatoms. The van der Waals surface area contributed by atoms with Crippen molar-refractivity contribution in [2.75, 3.05) is 0 Å². The third-order valence-electron chi connectivity index (χ3n) is 1.84. The van der Waals surface area contributed by atoms with E-state index in [4.69, 9.17) is 16.7 Å². The molecular weight excluding hydrogens is 208 g/mol. The van der Waals surface area contributed by atoms with Gasteiger partial charge in [-0.25, -0.2) is 0 Å². The molecule has 1 aromatic rings. The Morgan fingerprint density at radius 2 is 2.23 bits per heavy atom. The molecule has 0 amide bonds. The van der Waals surface area contributed by atoms with Gasteiger partial charge in [0.05, 0.1) is 0 Å². The number of carboxylic acid groups (broad SMARTS) is 1. The number of carbonyl (C=O) groups is 1. The number of halogens is 1. The summed E-state index contributed by atoms with van der Waals surface area (Å²) in [6.45, 7) is 1.78. The smallest absolute Gasteiger partial charge is 0.320 e. The van der Waals surface area contributed by atoms with Crippen molar-refractivity contribution in [1.82, 2.24) is 0 Å². The van der Waals surface area contributed by atoms with Gasteiger partial charge in [0, 0.05) is 5.02 Å². The van der Waals surface area contributed by atoms with Gasteiger partial charge in [0.2, 0.25) is 0 Å². The van der Waals surface area contributed by atoms with Gasteiger partial charge in [0.25, 0.3) is 0 Å². The van der Waals surface area contributed by atoms with E-state index in [0.717, 1.165) is 5.56 Å². The van der Waals surface area contributed by atoms with Gasteiger partial charge in [-0.1, -0.05) is 23.7 Å². The van der Waals surface area contributed by atoms with Gasteiger partial charge in [-0.2, -0.15) is 12.6 Å². The molecular formula is C9H9ClO2S. The molecule has 2 nitrogen and oxygen atoms in total. The molecule has 0 fully saturated rings. The number of hydrogen-bond donors (Lipinski definition) is 2. The molecule has 1 N–H and O–H groups in total. The molecule has 1 aromatic carbocycles. The van der Waals surface area contributed by atoms with Crippen LogP contribution in [0.1, 0.15) is 16.4 Å². The van der Waals surface area contributed by atoms with E-state index in [2.05, 4.69) is 12.6 Å². The summed E-state index contributed by atoms with van der Waals surface area (Å²) in [4.78, 5) is 10.6. The monoisotopic (exact) mass is 216 g/mol. The van der Waals surface area contributed by atoms with Crippen LogP contribution in [-0.2, 0) is 4.79 Å². The number of rotatable bonds is 2. The molecule has 0 aliphatic heterocycles. The second kappa shape index (κ2) is 4.03. The van der Waals surface area contributed by atoms with E-state index in [1.165, 1.54) is 0 Å². The van der Waals surface area contributed by atoms with Crippen LogP contribution in [-0.4, -0.2) is 11.1 Å². The van der Waals surface area contributed by atoms with Crippen molar-refractivity contribution in [2.24, 2.45) is 0 Å². The minimum Gasteiger partial charge on any atom is -0.480 e. The van der Waals surface area contributed by atoms with E-state index in [9.17, 15) is 4.79 Å². The Morgan fingerprint density at radius 1 is 1.62 bits per heavy atom. The first-order chi connectivity index (χ1) is 6.04. The van der Waals surface area contributed by atoms with Gasteiger partial charge in [0.15, 0.2) is 0 Å². The van der Waals surface area contributed by atoms with Crippen LogP contribution in [0.5, 0.6) is 0 Å². The summed E-state index contributed by atoms with van der Waals surface area (Å²) in [5.74, 6) is -0.964. The molecule has 1 atom stereocenters. The third kappa shape index (κ3) is 2.17. The van der Waals surface area contributed by atoms with Crippen LogP contribution in [0.4, 0.5) is 0 Å². The van der Waals surface area contributed by atoms with Crippen molar-refractivity contribution in [3.05, 3.63) is 34.3 Å². The summed E-state index contributed by atoms with van der Waals surface area (Å²) in [6, 6.07) is 5.16. The van der Waals surface area contributed by atoms with Crippen LogP contribution in [0, 0.1) is 6.92 Å². The predicted molar refractivity (Wildman–Crippen MR) is 55.6 cm³/mol. The second-order valence-electron chi connectivity index (χ2n) is 2.69. The minimum atomic E-state index is -0.964. The van der Waals surface area contributed by atoms with Crippen LogP contribution in [0.25, 0.3) is 0 Å². The van der Waals surface area contributed by atoms with Crippen molar-refractivity contribution in [3.63, 3.8) is 0 Å². The van der Waals surface area contributed by atoms with E-state index in [1.807, 2.05) is 0 Å². The highest BCUT2D eigenvalue weighted by atomic mass is 35.5. The maximum absolute atomic E-state index is 10.6. The van der Waals surface area contributed by atoms with Gasteiger partial charge in [-0.15, -0.1) is 0 Å². The van der Waals surface area contributed by atoms with Gasteiger partial charge in [-0.05, 0) is 24.1 Å². The van der Waals surface area contributed by atoms with Gasteiger partial charge < -0.3 is 5.11 Å². The van der Waals surface area contributed by atoms with Crippen molar-refractivity contribution < 1.29 is 9.90 Å². The van der Waals surface area contributed by atoms with Crippen LogP contribution in [0.3, 0.4) is 0 Å². The zero-order valence-electron chi connectivity index (χ0n) is 6.99. The molecule has 0 radical (unpaired) electrons. The molecule has 0 aromatic heterocycles. The fraction of sp³-hybridized carbons (Fsp3) is 0.222. The first kappa shape index (κ1) is 10.4. The third-order valence-corrected chi connectivity index (χ3v) is 2.75. The van der Waals surface area contributed by atoms with Crippen LogP contribution in [0.15, 0.2) is 18.2 Å². The molecule has 1 unspecified atom stereocenters. The Bertz CT molecular complexity index is 338. The molecule has 13 heavy (non-hydrogen) atoms. The lowest BCUT2D eigenvalue weighted by molar-refractivity contribution is -0.136. The highest BCUT2D eigenvalue weighted by Gasteiger charge is 2.17. The zero-order chi connectivity index (χ0) is 10.0. The lowest BCUT2D eigenvalue weighted by atomic mass is 10.1. The molecule has 0 bridgehead atoms. The summed E-state index contributed by atoms with van der Waals surface area (Å²) in [5, 5.41) is 8.49. The normalized spacial score (nSPS) is 12.5. The Kier molecular flexibility index (Phi) is 3.22. The van der Waals surface area contributed by atoms with Gasteiger partial charge in [-0.3, -0.25) is 4.79 Å². The summed E-state index contributed by atoms with van der Waals surface area (Å²) in [7, 11) is 0. The number of benzene rings is 1.